The molecule has 0 amide bonds. The summed E-state index contributed by atoms with van der Waals surface area (Å²) in [4.78, 5) is 10.8. The lowest BCUT2D eigenvalue weighted by molar-refractivity contribution is 0.0697. The van der Waals surface area contributed by atoms with E-state index in [-0.39, 0.29) is 21.5 Å². The maximum absolute atomic E-state index is 10.8. The molecule has 0 unspecified atom stereocenters. The van der Waals surface area contributed by atoms with Crippen molar-refractivity contribution in [3.63, 3.8) is 0 Å². The fourth-order valence-corrected chi connectivity index (χ4v) is 1.80. The van der Waals surface area contributed by atoms with E-state index < -0.39 is 5.97 Å². The molecular weight excluding hydrogens is 223 g/mol. The summed E-state index contributed by atoms with van der Waals surface area (Å²) in [5, 5.41) is 9.18. The van der Waals surface area contributed by atoms with Gasteiger partial charge in [0, 0.05) is 0 Å². The molecule has 0 aliphatic heterocycles. The van der Waals surface area contributed by atoms with Crippen molar-refractivity contribution in [1.29, 1.82) is 0 Å². The summed E-state index contributed by atoms with van der Waals surface area (Å²) in [6.07, 6.45) is 0. The van der Waals surface area contributed by atoms with Gasteiger partial charge in [-0.1, -0.05) is 37.0 Å². The summed E-state index contributed by atoms with van der Waals surface area (Å²) >= 11 is 11.6. The zero-order valence-electron chi connectivity index (χ0n) is 7.84. The van der Waals surface area contributed by atoms with E-state index in [4.69, 9.17) is 28.3 Å². The minimum absolute atomic E-state index is 0.0299. The number of rotatable bonds is 2. The average Bonchev–Trinajstić information content (AvgIpc) is 2.01. The Hall–Kier alpha value is -0.730. The van der Waals surface area contributed by atoms with Crippen molar-refractivity contribution in [3.05, 3.63) is 33.3 Å². The van der Waals surface area contributed by atoms with Crippen LogP contribution < -0.4 is 0 Å². The summed E-state index contributed by atoms with van der Waals surface area (Å²) in [6.45, 7) is 3.98. The molecule has 2 nitrogen and oxygen atoms in total. The molecule has 0 aromatic heterocycles. The van der Waals surface area contributed by atoms with Crippen molar-refractivity contribution in [2.45, 2.75) is 19.8 Å². The molecule has 0 aliphatic carbocycles. The highest BCUT2D eigenvalue weighted by Crippen LogP contribution is 2.29. The summed E-state index contributed by atoms with van der Waals surface area (Å²) in [5.74, 6) is -0.830. The van der Waals surface area contributed by atoms with Crippen LogP contribution in [0.25, 0.3) is 0 Å². The normalized spacial score (nSPS) is 10.6. The molecule has 14 heavy (non-hydrogen) atoms. The van der Waals surface area contributed by atoms with Crippen LogP contribution >= 0.6 is 23.2 Å². The maximum atomic E-state index is 10.8. The van der Waals surface area contributed by atoms with Crippen molar-refractivity contribution >= 4 is 29.2 Å². The van der Waals surface area contributed by atoms with E-state index in [0.29, 0.717) is 0 Å². The van der Waals surface area contributed by atoms with Crippen LogP contribution in [0.1, 0.15) is 35.7 Å². The van der Waals surface area contributed by atoms with Gasteiger partial charge in [0.2, 0.25) is 0 Å². The highest BCUT2D eigenvalue weighted by Gasteiger charge is 2.15. The van der Waals surface area contributed by atoms with Gasteiger partial charge in [0.15, 0.2) is 0 Å². The molecule has 76 valence electrons. The molecule has 0 aliphatic rings. The number of halogens is 2. The first-order valence-electron chi connectivity index (χ1n) is 4.15. The average molecular weight is 233 g/mol. The summed E-state index contributed by atoms with van der Waals surface area (Å²) in [5.41, 5.74) is 0.905. The van der Waals surface area contributed by atoms with E-state index in [1.165, 1.54) is 0 Å². The topological polar surface area (TPSA) is 37.3 Å². The molecule has 0 bridgehead atoms. The Morgan fingerprint density at radius 3 is 2.00 bits per heavy atom. The van der Waals surface area contributed by atoms with Crippen molar-refractivity contribution in [2.75, 3.05) is 0 Å². The van der Waals surface area contributed by atoms with Gasteiger partial charge in [-0.25, -0.2) is 4.79 Å². The van der Waals surface area contributed by atoms with E-state index >= 15 is 0 Å². The van der Waals surface area contributed by atoms with Crippen LogP contribution in [0.4, 0.5) is 0 Å². The molecule has 1 aromatic rings. The number of benzene rings is 1. The lowest BCUT2D eigenvalue weighted by Crippen LogP contribution is -2.00. The van der Waals surface area contributed by atoms with Crippen molar-refractivity contribution in [1.82, 2.24) is 0 Å². The van der Waals surface area contributed by atoms with Crippen LogP contribution in [0.3, 0.4) is 0 Å². The number of hydrogen-bond acceptors (Lipinski definition) is 1. The van der Waals surface area contributed by atoms with Crippen LogP contribution in [0.15, 0.2) is 12.1 Å². The Kier molecular flexibility index (Phi) is 3.40. The quantitative estimate of drug-likeness (QED) is 0.843. The Balaban J connectivity index is 3.32. The minimum atomic E-state index is -1.10. The van der Waals surface area contributed by atoms with E-state index in [0.717, 1.165) is 5.56 Å². The fourth-order valence-electron chi connectivity index (χ4n) is 1.13. The second kappa shape index (κ2) is 4.20. The monoisotopic (exact) mass is 232 g/mol. The van der Waals surface area contributed by atoms with Crippen molar-refractivity contribution in [3.8, 4) is 0 Å². The molecule has 0 saturated heterocycles. The predicted molar refractivity (Wildman–Crippen MR) is 57.5 cm³/mol. The van der Waals surface area contributed by atoms with Gasteiger partial charge in [-0.2, -0.15) is 0 Å². The Morgan fingerprint density at radius 2 is 1.71 bits per heavy atom. The molecular formula is C10H10Cl2O2. The number of hydrogen-bond donors (Lipinski definition) is 1. The van der Waals surface area contributed by atoms with Gasteiger partial charge < -0.3 is 5.11 Å². The SMILES string of the molecule is CC(C)c1cc(Cl)c(C(=O)O)c(Cl)c1. The minimum Gasteiger partial charge on any atom is -0.478 e. The molecule has 1 aromatic carbocycles. The molecule has 0 fully saturated rings. The second-order valence-corrected chi connectivity index (χ2v) is 4.13. The first kappa shape index (κ1) is 11.3. The maximum Gasteiger partial charge on any atom is 0.338 e. The first-order chi connectivity index (χ1) is 6.43. The smallest absolute Gasteiger partial charge is 0.338 e. The fraction of sp³-hybridized carbons (Fsp3) is 0.300. The lowest BCUT2D eigenvalue weighted by Gasteiger charge is -2.09. The number of carboxylic acid groups (broad SMARTS) is 1. The lowest BCUT2D eigenvalue weighted by atomic mass is 10.0. The summed E-state index contributed by atoms with van der Waals surface area (Å²) in [7, 11) is 0. The van der Waals surface area contributed by atoms with Crippen LogP contribution in [-0.2, 0) is 0 Å². The zero-order valence-corrected chi connectivity index (χ0v) is 9.36. The van der Waals surface area contributed by atoms with Gasteiger partial charge in [-0.05, 0) is 23.6 Å². The third-order valence-electron chi connectivity index (χ3n) is 1.94. The summed E-state index contributed by atoms with van der Waals surface area (Å²) < 4.78 is 0. The molecule has 4 heteroatoms. The van der Waals surface area contributed by atoms with Crippen LogP contribution in [0.2, 0.25) is 10.0 Å². The highest BCUT2D eigenvalue weighted by molar-refractivity contribution is 6.39. The number of aromatic carboxylic acids is 1. The molecule has 0 heterocycles. The predicted octanol–water partition coefficient (Wildman–Crippen LogP) is 3.82. The largest absolute Gasteiger partial charge is 0.478 e. The molecule has 0 atom stereocenters. The third kappa shape index (κ3) is 2.20. The van der Waals surface area contributed by atoms with Gasteiger partial charge in [-0.15, -0.1) is 0 Å². The Labute approximate surface area is 92.5 Å². The van der Waals surface area contributed by atoms with Gasteiger partial charge >= 0.3 is 5.97 Å². The molecule has 1 N–H and O–H groups in total. The van der Waals surface area contributed by atoms with Gasteiger partial charge in [0.1, 0.15) is 0 Å². The standard InChI is InChI=1S/C10H10Cl2O2/c1-5(2)6-3-7(11)9(10(13)14)8(12)4-6/h3-5H,1-2H3,(H,13,14). The Bertz CT molecular complexity index is 349. The number of carboxylic acids is 1. The van der Waals surface area contributed by atoms with Crippen LogP contribution in [-0.4, -0.2) is 11.1 Å². The van der Waals surface area contributed by atoms with Crippen molar-refractivity contribution < 1.29 is 9.90 Å². The molecule has 1 rings (SSSR count). The van der Waals surface area contributed by atoms with Crippen LogP contribution in [0.5, 0.6) is 0 Å². The van der Waals surface area contributed by atoms with Crippen molar-refractivity contribution in [2.24, 2.45) is 0 Å². The first-order valence-corrected chi connectivity index (χ1v) is 4.91. The molecule has 0 spiro atoms. The van der Waals surface area contributed by atoms with E-state index in [2.05, 4.69) is 0 Å². The van der Waals surface area contributed by atoms with Crippen LogP contribution in [0, 0.1) is 0 Å². The molecule has 0 radical (unpaired) electrons. The van der Waals surface area contributed by atoms with E-state index in [1.807, 2.05) is 13.8 Å². The zero-order chi connectivity index (χ0) is 10.9. The van der Waals surface area contributed by atoms with Gasteiger partial charge in [0.25, 0.3) is 0 Å². The second-order valence-electron chi connectivity index (χ2n) is 3.32. The Morgan fingerprint density at radius 1 is 1.29 bits per heavy atom. The highest BCUT2D eigenvalue weighted by atomic mass is 35.5. The third-order valence-corrected chi connectivity index (χ3v) is 2.54. The van der Waals surface area contributed by atoms with E-state index in [1.54, 1.807) is 12.1 Å². The number of carbonyl (C=O) groups is 1. The van der Waals surface area contributed by atoms with Gasteiger partial charge in [0.05, 0.1) is 15.6 Å². The van der Waals surface area contributed by atoms with Gasteiger partial charge in [-0.3, -0.25) is 0 Å². The molecule has 0 saturated carbocycles. The van der Waals surface area contributed by atoms with E-state index in [9.17, 15) is 4.79 Å². The summed E-state index contributed by atoms with van der Waals surface area (Å²) in [6, 6.07) is 3.28.